The van der Waals surface area contributed by atoms with Crippen LogP contribution in [0.4, 0.5) is 11.5 Å². The number of aryl methyl sites for hydroxylation is 1. The second-order valence-corrected chi connectivity index (χ2v) is 4.80. The second kappa shape index (κ2) is 4.80. The Morgan fingerprint density at radius 1 is 1.32 bits per heavy atom. The van der Waals surface area contributed by atoms with Crippen molar-refractivity contribution in [2.24, 2.45) is 0 Å². The summed E-state index contributed by atoms with van der Waals surface area (Å²) in [5, 5.41) is 3.30. The first-order valence-electron chi connectivity index (χ1n) is 6.44. The van der Waals surface area contributed by atoms with Gasteiger partial charge in [-0.3, -0.25) is 0 Å². The van der Waals surface area contributed by atoms with Gasteiger partial charge in [0.25, 0.3) is 0 Å². The monoisotopic (exact) mass is 255 g/mol. The first-order valence-corrected chi connectivity index (χ1v) is 6.44. The minimum Gasteiger partial charge on any atom is -0.488 e. The van der Waals surface area contributed by atoms with Crippen LogP contribution in [0.3, 0.4) is 0 Å². The molecule has 1 aliphatic heterocycles. The number of ether oxygens (including phenoxy) is 1. The summed E-state index contributed by atoms with van der Waals surface area (Å²) < 4.78 is 5.87. The van der Waals surface area contributed by atoms with E-state index in [0.29, 0.717) is 0 Å². The average Bonchev–Trinajstić information content (AvgIpc) is 2.83. The summed E-state index contributed by atoms with van der Waals surface area (Å²) in [5.74, 6) is 1.84. The number of anilines is 2. The number of nitrogen functional groups attached to an aromatic ring is 1. The highest BCUT2D eigenvalue weighted by Gasteiger charge is 2.21. The molecule has 3 rings (SSSR count). The van der Waals surface area contributed by atoms with Crippen molar-refractivity contribution in [1.82, 2.24) is 4.98 Å². The largest absolute Gasteiger partial charge is 0.488 e. The Balaban J connectivity index is 1.61. The van der Waals surface area contributed by atoms with Gasteiger partial charge in [-0.15, -0.1) is 0 Å². The molecule has 0 fully saturated rings. The molecule has 2 heterocycles. The lowest BCUT2D eigenvalue weighted by Gasteiger charge is -2.13. The van der Waals surface area contributed by atoms with Crippen molar-refractivity contribution < 1.29 is 4.74 Å². The van der Waals surface area contributed by atoms with Crippen LogP contribution in [0.15, 0.2) is 36.4 Å². The third kappa shape index (κ3) is 2.47. The molecule has 0 radical (unpaired) electrons. The van der Waals surface area contributed by atoms with Crippen molar-refractivity contribution in [3.63, 3.8) is 0 Å². The van der Waals surface area contributed by atoms with Crippen molar-refractivity contribution in [3.8, 4) is 5.75 Å². The fraction of sp³-hybridized carbons (Fsp3) is 0.267. The van der Waals surface area contributed by atoms with Crippen LogP contribution in [0.2, 0.25) is 0 Å². The van der Waals surface area contributed by atoms with E-state index in [4.69, 9.17) is 10.5 Å². The van der Waals surface area contributed by atoms with Gasteiger partial charge >= 0.3 is 0 Å². The van der Waals surface area contributed by atoms with Gasteiger partial charge in [-0.25, -0.2) is 4.98 Å². The lowest BCUT2D eigenvalue weighted by atomic mass is 10.1. The maximum atomic E-state index is 5.87. The highest BCUT2D eigenvalue weighted by atomic mass is 16.5. The number of pyridine rings is 1. The molecule has 1 aromatic heterocycles. The summed E-state index contributed by atoms with van der Waals surface area (Å²) in [7, 11) is 0. The summed E-state index contributed by atoms with van der Waals surface area (Å²) in [5.41, 5.74) is 8.59. The molecule has 4 nitrogen and oxygen atoms in total. The molecule has 1 aliphatic rings. The number of nitrogens with zero attached hydrogens (tertiary/aromatic N) is 1. The highest BCUT2D eigenvalue weighted by molar-refractivity contribution is 5.49. The maximum absolute atomic E-state index is 5.87. The predicted molar refractivity (Wildman–Crippen MR) is 76.4 cm³/mol. The van der Waals surface area contributed by atoms with Gasteiger partial charge in [0.1, 0.15) is 17.7 Å². The summed E-state index contributed by atoms with van der Waals surface area (Å²) in [6.45, 7) is 2.65. The SMILES string of the molecule is Cc1nc(NCC2Cc3ccccc3O2)ccc1N. The molecule has 0 saturated heterocycles. The lowest BCUT2D eigenvalue weighted by Crippen LogP contribution is -2.24. The minimum absolute atomic E-state index is 0.164. The van der Waals surface area contributed by atoms with Crippen molar-refractivity contribution in [3.05, 3.63) is 47.7 Å². The maximum Gasteiger partial charge on any atom is 0.126 e. The smallest absolute Gasteiger partial charge is 0.126 e. The van der Waals surface area contributed by atoms with Gasteiger partial charge in [-0.05, 0) is 30.7 Å². The van der Waals surface area contributed by atoms with Gasteiger partial charge < -0.3 is 15.8 Å². The first kappa shape index (κ1) is 11.8. The van der Waals surface area contributed by atoms with Gasteiger partial charge in [0.05, 0.1) is 17.9 Å². The van der Waals surface area contributed by atoms with Crippen molar-refractivity contribution in [1.29, 1.82) is 0 Å². The van der Waals surface area contributed by atoms with E-state index in [9.17, 15) is 0 Å². The zero-order valence-electron chi connectivity index (χ0n) is 10.9. The van der Waals surface area contributed by atoms with Gasteiger partial charge in [-0.2, -0.15) is 0 Å². The molecular formula is C15H17N3O. The zero-order valence-corrected chi connectivity index (χ0v) is 10.9. The lowest BCUT2D eigenvalue weighted by molar-refractivity contribution is 0.246. The summed E-state index contributed by atoms with van der Waals surface area (Å²) in [6, 6.07) is 11.9. The predicted octanol–water partition coefficient (Wildman–Crippen LogP) is 2.39. The second-order valence-electron chi connectivity index (χ2n) is 4.80. The van der Waals surface area contributed by atoms with Crippen LogP contribution in [0.25, 0.3) is 0 Å². The number of nitrogens with two attached hydrogens (primary N) is 1. The van der Waals surface area contributed by atoms with Crippen molar-refractivity contribution in [2.45, 2.75) is 19.4 Å². The van der Waals surface area contributed by atoms with Crippen molar-refractivity contribution >= 4 is 11.5 Å². The molecule has 3 N–H and O–H groups in total. The van der Waals surface area contributed by atoms with E-state index in [1.807, 2.05) is 37.3 Å². The summed E-state index contributed by atoms with van der Waals surface area (Å²) in [6.07, 6.45) is 1.11. The minimum atomic E-state index is 0.164. The first-order chi connectivity index (χ1) is 9.22. The van der Waals surface area contributed by atoms with Crippen LogP contribution in [-0.2, 0) is 6.42 Å². The molecule has 19 heavy (non-hydrogen) atoms. The number of para-hydroxylation sites is 1. The number of fused-ring (bicyclic) bond motifs is 1. The fourth-order valence-electron chi connectivity index (χ4n) is 2.26. The average molecular weight is 255 g/mol. The number of rotatable bonds is 3. The van der Waals surface area contributed by atoms with E-state index in [0.717, 1.165) is 35.9 Å². The molecule has 1 aromatic carbocycles. The molecule has 1 atom stereocenters. The van der Waals surface area contributed by atoms with Crippen LogP contribution < -0.4 is 15.8 Å². The Morgan fingerprint density at radius 2 is 2.16 bits per heavy atom. The van der Waals surface area contributed by atoms with E-state index in [1.165, 1.54) is 5.56 Å². The van der Waals surface area contributed by atoms with E-state index in [2.05, 4.69) is 16.4 Å². The van der Waals surface area contributed by atoms with Gasteiger partial charge in [-0.1, -0.05) is 18.2 Å². The van der Waals surface area contributed by atoms with Gasteiger partial charge in [0.2, 0.25) is 0 Å². The van der Waals surface area contributed by atoms with Crippen LogP contribution in [0, 0.1) is 6.92 Å². The van der Waals surface area contributed by atoms with Gasteiger partial charge in [0, 0.05) is 6.42 Å². The van der Waals surface area contributed by atoms with Crippen LogP contribution >= 0.6 is 0 Å². The number of benzene rings is 1. The number of aromatic nitrogens is 1. The molecule has 1 unspecified atom stereocenters. The Hall–Kier alpha value is -2.23. The molecule has 0 bridgehead atoms. The molecule has 2 aromatic rings. The fourth-order valence-corrected chi connectivity index (χ4v) is 2.26. The van der Waals surface area contributed by atoms with E-state index < -0.39 is 0 Å². The normalized spacial score (nSPS) is 16.8. The molecule has 0 amide bonds. The molecule has 0 aliphatic carbocycles. The van der Waals surface area contributed by atoms with Crippen LogP contribution in [0.1, 0.15) is 11.3 Å². The van der Waals surface area contributed by atoms with E-state index in [-0.39, 0.29) is 6.10 Å². The van der Waals surface area contributed by atoms with Crippen LogP contribution in [0.5, 0.6) is 5.75 Å². The third-order valence-electron chi connectivity index (χ3n) is 3.35. The van der Waals surface area contributed by atoms with Crippen LogP contribution in [-0.4, -0.2) is 17.6 Å². The zero-order chi connectivity index (χ0) is 13.2. The Labute approximate surface area is 112 Å². The topological polar surface area (TPSA) is 60.2 Å². The van der Waals surface area contributed by atoms with Gasteiger partial charge in [0.15, 0.2) is 0 Å². The van der Waals surface area contributed by atoms with E-state index >= 15 is 0 Å². The number of nitrogens with one attached hydrogen (secondary N) is 1. The number of hydrogen-bond acceptors (Lipinski definition) is 4. The molecule has 4 heteroatoms. The quantitative estimate of drug-likeness (QED) is 0.884. The highest BCUT2D eigenvalue weighted by Crippen LogP contribution is 2.28. The molecule has 0 spiro atoms. The molecule has 0 saturated carbocycles. The summed E-state index contributed by atoms with van der Waals surface area (Å²) >= 11 is 0. The molecular weight excluding hydrogens is 238 g/mol. The Kier molecular flexibility index (Phi) is 2.99. The van der Waals surface area contributed by atoms with Crippen molar-refractivity contribution in [2.75, 3.05) is 17.6 Å². The Morgan fingerprint density at radius 3 is 2.95 bits per heavy atom. The summed E-state index contributed by atoms with van der Waals surface area (Å²) in [4.78, 5) is 4.39. The van der Waals surface area contributed by atoms with E-state index in [1.54, 1.807) is 0 Å². The molecule has 98 valence electrons. The Bertz CT molecular complexity index is 573. The number of hydrogen-bond donors (Lipinski definition) is 2. The third-order valence-corrected chi connectivity index (χ3v) is 3.35. The standard InChI is InChI=1S/C15H17N3O/c1-10-13(16)6-7-15(18-10)17-9-12-8-11-4-2-3-5-14(11)19-12/h2-7,12H,8-9,16H2,1H3,(H,17,18).